The maximum absolute atomic E-state index is 12.6. The second-order valence-electron chi connectivity index (χ2n) is 4.38. The number of sulfone groups is 1. The van der Waals surface area contributed by atoms with Crippen LogP contribution in [0.5, 0.6) is 11.5 Å². The zero-order valence-corrected chi connectivity index (χ0v) is 11.4. The first-order chi connectivity index (χ1) is 8.84. The van der Waals surface area contributed by atoms with Crippen LogP contribution in [0.1, 0.15) is 11.1 Å². The average molecular weight is 278 g/mol. The molecule has 0 aromatic heterocycles. The molecule has 0 aliphatic heterocycles. The van der Waals surface area contributed by atoms with Crippen molar-refractivity contribution in [3.05, 3.63) is 47.5 Å². The maximum Gasteiger partial charge on any atom is 0.210 e. The Morgan fingerprint density at radius 3 is 2.05 bits per heavy atom. The number of benzene rings is 2. The summed E-state index contributed by atoms with van der Waals surface area (Å²) in [7, 11) is -3.81. The lowest BCUT2D eigenvalue weighted by atomic mass is 10.2. The van der Waals surface area contributed by atoms with Crippen LogP contribution in [0.4, 0.5) is 0 Å². The van der Waals surface area contributed by atoms with Crippen LogP contribution < -0.4 is 0 Å². The Morgan fingerprint density at radius 2 is 1.53 bits per heavy atom. The Hall–Kier alpha value is -2.01. The molecular weight excluding hydrogens is 264 g/mol. The van der Waals surface area contributed by atoms with Gasteiger partial charge in [0, 0.05) is 6.07 Å². The van der Waals surface area contributed by atoms with E-state index in [1.807, 2.05) is 0 Å². The fraction of sp³-hybridized carbons (Fsp3) is 0.143. The molecule has 0 saturated carbocycles. The van der Waals surface area contributed by atoms with Crippen molar-refractivity contribution in [1.29, 1.82) is 0 Å². The van der Waals surface area contributed by atoms with Gasteiger partial charge in [0.1, 0.15) is 16.4 Å². The average Bonchev–Trinajstić information content (AvgIpc) is 2.27. The van der Waals surface area contributed by atoms with Crippen LogP contribution in [-0.2, 0) is 9.84 Å². The Bertz CT molecular complexity index is 713. The summed E-state index contributed by atoms with van der Waals surface area (Å²) in [5, 5.41) is 19.0. The lowest BCUT2D eigenvalue weighted by molar-refractivity contribution is 0.439. The van der Waals surface area contributed by atoms with E-state index in [2.05, 4.69) is 0 Å². The lowest BCUT2D eigenvalue weighted by Crippen LogP contribution is -2.06. The Labute approximate surface area is 111 Å². The first kappa shape index (κ1) is 13.4. The Morgan fingerprint density at radius 1 is 0.947 bits per heavy atom. The van der Waals surface area contributed by atoms with Crippen molar-refractivity contribution >= 4 is 9.84 Å². The smallest absolute Gasteiger partial charge is 0.210 e. The summed E-state index contributed by atoms with van der Waals surface area (Å²) < 4.78 is 25.1. The van der Waals surface area contributed by atoms with Crippen molar-refractivity contribution in [3.63, 3.8) is 0 Å². The summed E-state index contributed by atoms with van der Waals surface area (Å²) in [6.45, 7) is 3.41. The number of phenolic OH excluding ortho intramolecular Hbond substituents is 2. The van der Waals surface area contributed by atoms with Gasteiger partial charge in [-0.2, -0.15) is 0 Å². The molecule has 0 aliphatic carbocycles. The molecule has 0 unspecified atom stereocenters. The largest absolute Gasteiger partial charge is 0.508 e. The number of phenols is 2. The van der Waals surface area contributed by atoms with Gasteiger partial charge in [-0.15, -0.1) is 0 Å². The molecule has 0 fully saturated rings. The Balaban J connectivity index is 2.73. The summed E-state index contributed by atoms with van der Waals surface area (Å²) in [6, 6.07) is 8.64. The van der Waals surface area contributed by atoms with E-state index < -0.39 is 15.6 Å². The number of aromatic hydroxyl groups is 2. The minimum absolute atomic E-state index is 0.182. The van der Waals surface area contributed by atoms with E-state index in [9.17, 15) is 18.6 Å². The summed E-state index contributed by atoms with van der Waals surface area (Å²) in [5.74, 6) is -0.638. The first-order valence-electron chi connectivity index (χ1n) is 5.67. The molecule has 0 spiro atoms. The van der Waals surface area contributed by atoms with Crippen molar-refractivity contribution in [2.45, 2.75) is 23.6 Å². The van der Waals surface area contributed by atoms with Gasteiger partial charge in [-0.3, -0.25) is 0 Å². The van der Waals surface area contributed by atoms with Crippen LogP contribution >= 0.6 is 0 Å². The highest BCUT2D eigenvalue weighted by atomic mass is 32.2. The van der Waals surface area contributed by atoms with E-state index in [0.29, 0.717) is 11.1 Å². The summed E-state index contributed by atoms with van der Waals surface area (Å²) in [6.07, 6.45) is 0. The standard InChI is InChI=1S/C14H14O4S/c1-9-4-3-5-10(2)14(9)19(17,18)13-7-6-11(15)8-12(13)16/h3-8,15-16H,1-2H3. The molecule has 0 radical (unpaired) electrons. The van der Waals surface area contributed by atoms with Crippen molar-refractivity contribution < 1.29 is 18.6 Å². The molecular formula is C14H14O4S. The van der Waals surface area contributed by atoms with Gasteiger partial charge in [0.05, 0.1) is 4.90 Å². The van der Waals surface area contributed by atoms with Gasteiger partial charge in [-0.25, -0.2) is 8.42 Å². The number of hydrogen-bond donors (Lipinski definition) is 2. The molecule has 0 amide bonds. The molecule has 5 heteroatoms. The minimum Gasteiger partial charge on any atom is -0.508 e. The fourth-order valence-corrected chi connectivity index (χ4v) is 3.85. The monoisotopic (exact) mass is 278 g/mol. The topological polar surface area (TPSA) is 74.6 Å². The molecule has 2 N–H and O–H groups in total. The van der Waals surface area contributed by atoms with Crippen LogP contribution in [0.25, 0.3) is 0 Å². The molecule has 0 heterocycles. The van der Waals surface area contributed by atoms with E-state index >= 15 is 0 Å². The van der Waals surface area contributed by atoms with E-state index in [1.165, 1.54) is 12.1 Å². The van der Waals surface area contributed by atoms with Crippen molar-refractivity contribution in [3.8, 4) is 11.5 Å². The third kappa shape index (κ3) is 2.29. The van der Waals surface area contributed by atoms with Crippen LogP contribution in [0.15, 0.2) is 46.2 Å². The minimum atomic E-state index is -3.81. The van der Waals surface area contributed by atoms with Crippen molar-refractivity contribution in [2.75, 3.05) is 0 Å². The SMILES string of the molecule is Cc1cccc(C)c1S(=O)(=O)c1ccc(O)cc1O. The van der Waals surface area contributed by atoms with Gasteiger partial charge in [0.15, 0.2) is 0 Å². The van der Waals surface area contributed by atoms with Crippen LogP contribution in [0, 0.1) is 13.8 Å². The predicted octanol–water partition coefficient (Wildman–Crippen LogP) is 2.55. The summed E-state index contributed by atoms with van der Waals surface area (Å²) in [5.41, 5.74) is 1.24. The number of hydrogen-bond acceptors (Lipinski definition) is 4. The second kappa shape index (κ2) is 4.59. The number of rotatable bonds is 2. The van der Waals surface area contributed by atoms with Crippen molar-refractivity contribution in [2.24, 2.45) is 0 Å². The van der Waals surface area contributed by atoms with Crippen LogP contribution in [0.2, 0.25) is 0 Å². The van der Waals surface area contributed by atoms with Crippen LogP contribution in [-0.4, -0.2) is 18.6 Å². The lowest BCUT2D eigenvalue weighted by Gasteiger charge is -2.12. The van der Waals surface area contributed by atoms with E-state index in [0.717, 1.165) is 6.07 Å². The molecule has 100 valence electrons. The number of aryl methyl sites for hydroxylation is 2. The van der Waals surface area contributed by atoms with Crippen molar-refractivity contribution in [1.82, 2.24) is 0 Å². The second-order valence-corrected chi connectivity index (χ2v) is 6.23. The molecule has 0 bridgehead atoms. The Kier molecular flexibility index (Phi) is 3.24. The normalized spacial score (nSPS) is 11.5. The summed E-state index contributed by atoms with van der Waals surface area (Å²) in [4.78, 5) is -0.0151. The van der Waals surface area contributed by atoms with Crippen LogP contribution in [0.3, 0.4) is 0 Å². The van der Waals surface area contributed by atoms with E-state index in [1.54, 1.807) is 32.0 Å². The van der Waals surface area contributed by atoms with Gasteiger partial charge in [0.2, 0.25) is 9.84 Å². The molecule has 0 aliphatic rings. The quantitative estimate of drug-likeness (QED) is 0.885. The fourth-order valence-electron chi connectivity index (χ4n) is 2.07. The highest BCUT2D eigenvalue weighted by molar-refractivity contribution is 7.91. The van der Waals surface area contributed by atoms with Gasteiger partial charge >= 0.3 is 0 Å². The van der Waals surface area contributed by atoms with Gasteiger partial charge in [0.25, 0.3) is 0 Å². The summed E-state index contributed by atoms with van der Waals surface area (Å²) >= 11 is 0. The third-order valence-corrected chi connectivity index (χ3v) is 5.02. The maximum atomic E-state index is 12.6. The molecule has 2 aromatic carbocycles. The van der Waals surface area contributed by atoms with Gasteiger partial charge < -0.3 is 10.2 Å². The van der Waals surface area contributed by atoms with Gasteiger partial charge in [-0.05, 0) is 37.1 Å². The first-order valence-corrected chi connectivity index (χ1v) is 7.15. The molecule has 19 heavy (non-hydrogen) atoms. The molecule has 0 atom stereocenters. The van der Waals surface area contributed by atoms with E-state index in [-0.39, 0.29) is 15.5 Å². The zero-order valence-electron chi connectivity index (χ0n) is 10.6. The molecule has 2 aromatic rings. The molecule has 0 saturated heterocycles. The van der Waals surface area contributed by atoms with Gasteiger partial charge in [-0.1, -0.05) is 18.2 Å². The molecule has 2 rings (SSSR count). The predicted molar refractivity (Wildman–Crippen MR) is 71.1 cm³/mol. The van der Waals surface area contributed by atoms with E-state index in [4.69, 9.17) is 0 Å². The third-order valence-electron chi connectivity index (χ3n) is 2.91. The molecule has 4 nitrogen and oxygen atoms in total. The highest BCUT2D eigenvalue weighted by Gasteiger charge is 2.25. The zero-order chi connectivity index (χ0) is 14.2. The highest BCUT2D eigenvalue weighted by Crippen LogP contribution is 2.33.